The van der Waals surface area contributed by atoms with Crippen molar-refractivity contribution in [1.29, 1.82) is 0 Å². The smallest absolute Gasteiger partial charge is 0.160 e. The van der Waals surface area contributed by atoms with Crippen LogP contribution in [0.5, 0.6) is 0 Å². The van der Waals surface area contributed by atoms with Crippen molar-refractivity contribution in [3.8, 4) is 11.3 Å². The molecule has 1 heterocycles. The number of allylic oxidation sites excluding steroid dienone is 2. The largest absolute Gasteiger partial charge is 0.356 e. The van der Waals surface area contributed by atoms with Crippen LogP contribution in [0.25, 0.3) is 17.3 Å². The molecule has 0 spiro atoms. The summed E-state index contributed by atoms with van der Waals surface area (Å²) in [6.07, 6.45) is 5.29. The molecular weight excluding hydrogens is 222 g/mol. The van der Waals surface area contributed by atoms with E-state index in [-0.39, 0.29) is 0 Å². The molecule has 2 aromatic rings. The van der Waals surface area contributed by atoms with E-state index >= 15 is 0 Å². The Hall–Kier alpha value is -1.80. The summed E-state index contributed by atoms with van der Waals surface area (Å²) >= 11 is 5.81. The maximum Gasteiger partial charge on any atom is 0.160 e. The zero-order valence-electron chi connectivity index (χ0n) is 8.56. The molecule has 0 saturated heterocycles. The van der Waals surface area contributed by atoms with Crippen LogP contribution in [-0.4, -0.2) is 5.16 Å². The van der Waals surface area contributed by atoms with E-state index in [1.165, 1.54) is 0 Å². The molecule has 0 aliphatic heterocycles. The Bertz CT molecular complexity index is 511. The number of aromatic nitrogens is 1. The van der Waals surface area contributed by atoms with E-state index in [0.717, 1.165) is 11.3 Å². The summed E-state index contributed by atoms with van der Waals surface area (Å²) < 4.78 is 5.13. The van der Waals surface area contributed by atoms with Crippen molar-refractivity contribution in [1.82, 2.24) is 5.16 Å². The Morgan fingerprint density at radius 3 is 2.69 bits per heavy atom. The number of nitrogens with zero attached hydrogens (tertiary/aromatic N) is 1. The molecule has 0 aliphatic rings. The van der Waals surface area contributed by atoms with Crippen molar-refractivity contribution in [3.63, 3.8) is 0 Å². The van der Waals surface area contributed by atoms with Crippen LogP contribution in [-0.2, 0) is 0 Å². The Balaban J connectivity index is 2.27. The van der Waals surface area contributed by atoms with Gasteiger partial charge in [0, 0.05) is 16.7 Å². The topological polar surface area (TPSA) is 26.0 Å². The van der Waals surface area contributed by atoms with E-state index in [1.54, 1.807) is 18.2 Å². The van der Waals surface area contributed by atoms with Gasteiger partial charge in [0.25, 0.3) is 0 Å². The molecule has 1 aromatic heterocycles. The minimum atomic E-state index is 0.699. The number of benzene rings is 1. The summed E-state index contributed by atoms with van der Waals surface area (Å²) in [6.45, 7) is 3.59. The van der Waals surface area contributed by atoms with Gasteiger partial charge in [-0.25, -0.2) is 0 Å². The maximum atomic E-state index is 5.81. The fraction of sp³-hybridized carbons (Fsp3) is 0. The van der Waals surface area contributed by atoms with Crippen LogP contribution < -0.4 is 0 Å². The van der Waals surface area contributed by atoms with Crippen LogP contribution in [0.15, 0.2) is 53.6 Å². The monoisotopic (exact) mass is 231 g/mol. The minimum Gasteiger partial charge on any atom is -0.356 e. The molecule has 0 aliphatic carbocycles. The molecule has 0 saturated carbocycles. The van der Waals surface area contributed by atoms with Gasteiger partial charge in [0.05, 0.1) is 0 Å². The molecule has 2 nitrogen and oxygen atoms in total. The molecule has 0 bridgehead atoms. The second-order valence-electron chi connectivity index (χ2n) is 3.22. The van der Waals surface area contributed by atoms with Gasteiger partial charge in [-0.3, -0.25) is 0 Å². The molecule has 0 atom stereocenters. The van der Waals surface area contributed by atoms with Gasteiger partial charge < -0.3 is 4.52 Å². The average molecular weight is 232 g/mol. The molecule has 3 heteroatoms. The summed E-state index contributed by atoms with van der Waals surface area (Å²) in [4.78, 5) is 0. The molecule has 0 radical (unpaired) electrons. The molecule has 0 fully saturated rings. The molecule has 1 aromatic carbocycles. The maximum absolute atomic E-state index is 5.81. The highest BCUT2D eigenvalue weighted by Gasteiger charge is 2.03. The zero-order chi connectivity index (χ0) is 11.4. The average Bonchev–Trinajstić information content (AvgIpc) is 2.76. The molecule has 0 amide bonds. The SMILES string of the molecule is C=CC=Cc1cc(-c2ccc(Cl)cc2)no1. The molecule has 16 heavy (non-hydrogen) atoms. The summed E-state index contributed by atoms with van der Waals surface area (Å²) in [7, 11) is 0. The van der Waals surface area contributed by atoms with Gasteiger partial charge >= 0.3 is 0 Å². The second-order valence-corrected chi connectivity index (χ2v) is 3.65. The highest BCUT2D eigenvalue weighted by Crippen LogP contribution is 2.21. The van der Waals surface area contributed by atoms with Crippen LogP contribution in [0.2, 0.25) is 5.02 Å². The van der Waals surface area contributed by atoms with Gasteiger partial charge in [-0.2, -0.15) is 0 Å². The molecule has 2 rings (SSSR count). The molecule has 0 N–H and O–H groups in total. The normalized spacial score (nSPS) is 10.8. The van der Waals surface area contributed by atoms with Gasteiger partial charge in [0.15, 0.2) is 5.76 Å². The Morgan fingerprint density at radius 1 is 1.25 bits per heavy atom. The van der Waals surface area contributed by atoms with Gasteiger partial charge in [0.2, 0.25) is 0 Å². The third-order valence-corrected chi connectivity index (χ3v) is 2.32. The number of halogens is 1. The fourth-order valence-electron chi connectivity index (χ4n) is 1.29. The molecule has 80 valence electrons. The van der Waals surface area contributed by atoms with Gasteiger partial charge in [0.1, 0.15) is 5.69 Å². The standard InChI is InChI=1S/C13H10ClNO/c1-2-3-4-12-9-13(15-16-12)10-5-7-11(14)8-6-10/h2-9H,1H2. The van der Waals surface area contributed by atoms with Crippen LogP contribution in [0.1, 0.15) is 5.76 Å². The van der Waals surface area contributed by atoms with E-state index in [0.29, 0.717) is 10.8 Å². The van der Waals surface area contributed by atoms with E-state index in [2.05, 4.69) is 11.7 Å². The van der Waals surface area contributed by atoms with Crippen LogP contribution in [0.3, 0.4) is 0 Å². The Morgan fingerprint density at radius 2 is 2.00 bits per heavy atom. The van der Waals surface area contributed by atoms with E-state index in [9.17, 15) is 0 Å². The predicted octanol–water partition coefficient (Wildman–Crippen LogP) is 4.19. The molecule has 0 unspecified atom stereocenters. The number of hydrogen-bond acceptors (Lipinski definition) is 2. The fourth-order valence-corrected chi connectivity index (χ4v) is 1.41. The van der Waals surface area contributed by atoms with Crippen molar-refractivity contribution in [2.75, 3.05) is 0 Å². The summed E-state index contributed by atoms with van der Waals surface area (Å²) in [5.74, 6) is 0.699. The van der Waals surface area contributed by atoms with E-state index < -0.39 is 0 Å². The third kappa shape index (κ3) is 2.41. The first-order chi connectivity index (χ1) is 7.79. The first-order valence-corrected chi connectivity index (χ1v) is 5.19. The lowest BCUT2D eigenvalue weighted by atomic mass is 10.1. The van der Waals surface area contributed by atoms with Gasteiger partial charge in [-0.05, 0) is 18.2 Å². The van der Waals surface area contributed by atoms with Crippen molar-refractivity contribution < 1.29 is 4.52 Å². The van der Waals surface area contributed by atoms with Gasteiger partial charge in [-0.15, -0.1) is 0 Å². The van der Waals surface area contributed by atoms with Crippen LogP contribution in [0, 0.1) is 0 Å². The molecular formula is C13H10ClNO. The van der Waals surface area contributed by atoms with Crippen LogP contribution in [0.4, 0.5) is 0 Å². The quantitative estimate of drug-likeness (QED) is 0.741. The highest BCUT2D eigenvalue weighted by atomic mass is 35.5. The number of hydrogen-bond donors (Lipinski definition) is 0. The van der Waals surface area contributed by atoms with E-state index in [4.69, 9.17) is 16.1 Å². The van der Waals surface area contributed by atoms with Crippen molar-refractivity contribution in [2.24, 2.45) is 0 Å². The third-order valence-electron chi connectivity index (χ3n) is 2.06. The highest BCUT2D eigenvalue weighted by molar-refractivity contribution is 6.30. The van der Waals surface area contributed by atoms with Crippen molar-refractivity contribution in [3.05, 3.63) is 59.8 Å². The lowest BCUT2D eigenvalue weighted by molar-refractivity contribution is 0.415. The number of rotatable bonds is 3. The first kappa shape index (κ1) is 10.7. The lowest BCUT2D eigenvalue weighted by Gasteiger charge is -1.93. The van der Waals surface area contributed by atoms with Crippen molar-refractivity contribution in [2.45, 2.75) is 0 Å². The Kier molecular flexibility index (Phi) is 3.22. The van der Waals surface area contributed by atoms with Crippen LogP contribution >= 0.6 is 11.6 Å². The summed E-state index contributed by atoms with van der Waals surface area (Å²) in [5, 5.41) is 4.67. The minimum absolute atomic E-state index is 0.699. The zero-order valence-corrected chi connectivity index (χ0v) is 9.32. The summed E-state index contributed by atoms with van der Waals surface area (Å²) in [6, 6.07) is 9.32. The van der Waals surface area contributed by atoms with Crippen molar-refractivity contribution >= 4 is 17.7 Å². The predicted molar refractivity (Wildman–Crippen MR) is 66.2 cm³/mol. The van der Waals surface area contributed by atoms with Gasteiger partial charge in [-0.1, -0.05) is 47.6 Å². The van der Waals surface area contributed by atoms with E-state index in [1.807, 2.05) is 30.3 Å². The summed E-state index contributed by atoms with van der Waals surface area (Å²) in [5.41, 5.74) is 1.77. The second kappa shape index (κ2) is 4.81. The lowest BCUT2D eigenvalue weighted by Crippen LogP contribution is -1.74. The Labute approximate surface area is 98.8 Å². The first-order valence-electron chi connectivity index (χ1n) is 4.81.